The second kappa shape index (κ2) is 10.5. The average Bonchev–Trinajstić information content (AvgIpc) is 2.78. The number of anilines is 5. The van der Waals surface area contributed by atoms with E-state index in [1.807, 2.05) is 0 Å². The molecule has 0 unspecified atom stereocenters. The van der Waals surface area contributed by atoms with Crippen LogP contribution in [0.5, 0.6) is 0 Å². The molecule has 3 aromatic rings. The average molecular weight is 447 g/mol. The first-order valence-electron chi connectivity index (χ1n) is 12.0. The normalized spacial score (nSPS) is 14.7. The number of likely N-dealkylation sites (N-methyl/N-ethyl adjacent to an activating group) is 1. The number of carbonyl (C=O) groups is 1. The predicted molar refractivity (Wildman–Crippen MR) is 123 cm³/mol. The lowest BCUT2D eigenvalue weighted by Gasteiger charge is -2.10. The first-order chi connectivity index (χ1) is 17.3. The Bertz CT molecular complexity index is 1270. The van der Waals surface area contributed by atoms with Gasteiger partial charge in [0, 0.05) is 44.0 Å². The van der Waals surface area contributed by atoms with E-state index in [4.69, 9.17) is 19.8 Å². The van der Waals surface area contributed by atoms with E-state index in [0.29, 0.717) is 33.6 Å². The summed E-state index contributed by atoms with van der Waals surface area (Å²) in [4.78, 5) is 20.9. The number of amides is 1. The topological polar surface area (TPSA) is 82.2 Å². The summed E-state index contributed by atoms with van der Waals surface area (Å²) in [6, 6.07) is 12.5. The fourth-order valence-corrected chi connectivity index (χ4v) is 2.67. The summed E-state index contributed by atoms with van der Waals surface area (Å²) in [6.45, 7) is -6.14. The molecule has 9 heteroatoms. The van der Waals surface area contributed by atoms with E-state index in [0.717, 1.165) is 6.08 Å². The van der Waals surface area contributed by atoms with Crippen molar-refractivity contribution in [3.63, 3.8) is 0 Å². The van der Waals surface area contributed by atoms with Gasteiger partial charge in [0.05, 0.1) is 5.02 Å². The number of carbonyl (C=O) groups excluding carboxylic acids is 1. The highest BCUT2D eigenvalue weighted by atomic mass is 35.5. The molecule has 0 aliphatic rings. The Labute approximate surface area is 193 Å². The number of aromatic nitrogens is 2. The molecule has 1 amide bonds. The zero-order valence-corrected chi connectivity index (χ0v) is 16.8. The molecule has 2 aromatic carbocycles. The van der Waals surface area contributed by atoms with Gasteiger partial charge in [0.25, 0.3) is 0 Å². The number of hydrogen-bond acceptors (Lipinski definition) is 6. The summed E-state index contributed by atoms with van der Waals surface area (Å²) in [5, 5.41) is 8.67. The van der Waals surface area contributed by atoms with Crippen molar-refractivity contribution >= 4 is 46.2 Å². The summed E-state index contributed by atoms with van der Waals surface area (Å²) < 4.78 is 57.4. The highest BCUT2D eigenvalue weighted by molar-refractivity contribution is 6.31. The number of halogens is 2. The predicted octanol–water partition coefficient (Wildman–Crippen LogP) is 4.81. The number of nitrogens with one attached hydrogen (secondary N) is 3. The van der Waals surface area contributed by atoms with Crippen LogP contribution in [-0.2, 0) is 4.79 Å². The Morgan fingerprint density at radius 3 is 2.52 bits per heavy atom. The summed E-state index contributed by atoms with van der Waals surface area (Å²) in [6.07, 6.45) is 3.56. The van der Waals surface area contributed by atoms with Crippen molar-refractivity contribution in [2.45, 2.75) is 0 Å². The van der Waals surface area contributed by atoms with Crippen LogP contribution in [0.1, 0.15) is 8.22 Å². The number of hydrogen-bond donors (Lipinski definition) is 3. The van der Waals surface area contributed by atoms with Crippen LogP contribution in [-0.4, -0.2) is 41.3 Å². The van der Waals surface area contributed by atoms with Crippen LogP contribution in [0, 0.1) is 5.82 Å². The van der Waals surface area contributed by atoms with Crippen LogP contribution in [0.2, 0.25) is 5.02 Å². The maximum Gasteiger partial charge on any atom is 0.248 e. The van der Waals surface area contributed by atoms with Gasteiger partial charge in [-0.25, -0.2) is 14.4 Å². The van der Waals surface area contributed by atoms with Crippen molar-refractivity contribution < 1.29 is 17.4 Å². The molecule has 0 bridgehead atoms. The molecule has 0 aliphatic heterocycles. The van der Waals surface area contributed by atoms with Gasteiger partial charge in [-0.2, -0.15) is 0 Å². The van der Waals surface area contributed by atoms with Gasteiger partial charge >= 0.3 is 0 Å². The maximum absolute atomic E-state index is 13.4. The van der Waals surface area contributed by atoms with E-state index in [-0.39, 0.29) is 5.02 Å². The molecule has 0 spiro atoms. The van der Waals surface area contributed by atoms with Crippen LogP contribution in [0.4, 0.5) is 33.1 Å². The molecular formula is C22H22ClFN6O. The molecule has 7 nitrogen and oxygen atoms in total. The third-order valence-corrected chi connectivity index (χ3v) is 4.11. The minimum Gasteiger partial charge on any atom is -0.340 e. The summed E-state index contributed by atoms with van der Waals surface area (Å²) in [5.74, 6) is -0.242. The Hall–Kier alpha value is -3.49. The minimum atomic E-state index is -2.84. The van der Waals surface area contributed by atoms with Gasteiger partial charge < -0.3 is 20.9 Å². The van der Waals surface area contributed by atoms with Gasteiger partial charge in [-0.3, -0.25) is 4.79 Å². The Morgan fingerprint density at radius 2 is 1.81 bits per heavy atom. The molecule has 160 valence electrons. The molecule has 1 heterocycles. The van der Waals surface area contributed by atoms with E-state index >= 15 is 0 Å². The zero-order chi connectivity index (χ0) is 27.2. The Kier molecular flexibility index (Phi) is 5.20. The fourth-order valence-electron chi connectivity index (χ4n) is 2.49. The van der Waals surface area contributed by atoms with E-state index in [2.05, 4.69) is 25.9 Å². The molecular weight excluding hydrogens is 419 g/mol. The minimum absolute atomic E-state index is 0.0296. The van der Waals surface area contributed by atoms with Crippen molar-refractivity contribution in [2.75, 3.05) is 36.4 Å². The van der Waals surface area contributed by atoms with Gasteiger partial charge in [0.2, 0.25) is 5.91 Å². The number of nitrogens with zero attached hydrogens (tertiary/aromatic N) is 3. The second-order valence-corrected chi connectivity index (χ2v) is 6.66. The van der Waals surface area contributed by atoms with Crippen molar-refractivity contribution in [3.05, 3.63) is 77.9 Å². The van der Waals surface area contributed by atoms with Crippen molar-refractivity contribution in [1.82, 2.24) is 14.9 Å². The lowest BCUT2D eigenvalue weighted by Crippen LogP contribution is -2.12. The second-order valence-electron chi connectivity index (χ2n) is 6.25. The Morgan fingerprint density at radius 1 is 1.10 bits per heavy atom. The van der Waals surface area contributed by atoms with Crippen LogP contribution >= 0.6 is 11.6 Å². The number of rotatable bonds is 8. The highest BCUT2D eigenvalue weighted by Gasteiger charge is 2.05. The summed E-state index contributed by atoms with van der Waals surface area (Å²) >= 11 is 5.81. The monoisotopic (exact) mass is 446 g/mol. The van der Waals surface area contributed by atoms with Crippen molar-refractivity contribution in [3.8, 4) is 0 Å². The molecule has 0 aliphatic carbocycles. The van der Waals surface area contributed by atoms with E-state index < -0.39 is 32.2 Å². The van der Waals surface area contributed by atoms with E-state index in [1.165, 1.54) is 30.6 Å². The molecule has 31 heavy (non-hydrogen) atoms. The lowest BCUT2D eigenvalue weighted by atomic mass is 10.2. The third kappa shape index (κ3) is 7.06. The van der Waals surface area contributed by atoms with Gasteiger partial charge in [0.15, 0.2) is 0 Å². The van der Waals surface area contributed by atoms with Crippen LogP contribution in [0.3, 0.4) is 0 Å². The summed E-state index contributed by atoms with van der Waals surface area (Å²) in [7, 11) is 0. The van der Waals surface area contributed by atoms with Gasteiger partial charge in [0.1, 0.15) is 23.8 Å². The first kappa shape index (κ1) is 15.3. The standard InChI is InChI=1S/C22H22ClFN6O/c1-30(2)10-4-7-22(31)29-16-6-3-5-15(11-16)27-20-13-21(26-14-25-20)28-17-8-9-19(24)18(23)12-17/h3-9,11-14H,10H2,1-2H3,(H,29,31)(H2,25,26,27,28)/i1D3,2D3. The van der Waals surface area contributed by atoms with E-state index in [9.17, 15) is 9.18 Å². The molecule has 0 atom stereocenters. The molecule has 0 saturated carbocycles. The van der Waals surface area contributed by atoms with Crippen LogP contribution in [0.25, 0.3) is 0 Å². The van der Waals surface area contributed by atoms with Gasteiger partial charge in [-0.15, -0.1) is 0 Å². The van der Waals surface area contributed by atoms with Crippen molar-refractivity contribution in [2.24, 2.45) is 0 Å². The largest absolute Gasteiger partial charge is 0.340 e. The van der Waals surface area contributed by atoms with Crippen LogP contribution in [0.15, 0.2) is 67.0 Å². The molecule has 1 aromatic heterocycles. The SMILES string of the molecule is [2H]C([2H])([2H])N(CC=CC(=O)Nc1cccc(Nc2cc(Nc3ccc(F)c(Cl)c3)ncn2)c1)C([2H])([2H])[2H]. The molecule has 0 radical (unpaired) electrons. The van der Waals surface area contributed by atoms with Crippen LogP contribution < -0.4 is 16.0 Å². The molecule has 0 saturated heterocycles. The lowest BCUT2D eigenvalue weighted by molar-refractivity contribution is -0.111. The first-order valence-corrected chi connectivity index (χ1v) is 9.35. The summed E-state index contributed by atoms with van der Waals surface area (Å²) in [5.41, 5.74) is 1.55. The number of benzene rings is 2. The third-order valence-electron chi connectivity index (χ3n) is 3.82. The Balaban J connectivity index is 1.62. The zero-order valence-electron chi connectivity index (χ0n) is 22.1. The quantitative estimate of drug-likeness (QED) is 0.431. The fraction of sp³-hybridized carbons (Fsp3) is 0.136. The van der Waals surface area contributed by atoms with Crippen molar-refractivity contribution in [1.29, 1.82) is 0 Å². The molecule has 3 rings (SSSR count). The highest BCUT2D eigenvalue weighted by Crippen LogP contribution is 2.24. The molecule has 3 N–H and O–H groups in total. The van der Waals surface area contributed by atoms with Gasteiger partial charge in [-0.1, -0.05) is 23.7 Å². The van der Waals surface area contributed by atoms with Gasteiger partial charge in [-0.05, 0) is 50.3 Å². The molecule has 0 fully saturated rings. The maximum atomic E-state index is 13.4. The smallest absolute Gasteiger partial charge is 0.248 e. The van der Waals surface area contributed by atoms with E-state index in [1.54, 1.807) is 30.3 Å².